The van der Waals surface area contributed by atoms with Gasteiger partial charge in [0, 0.05) is 0 Å². The second kappa shape index (κ2) is 3.12. The molecule has 0 bridgehead atoms. The molecule has 4 nitrogen and oxygen atoms in total. The Balaban J connectivity index is 2.57. The molecule has 0 aliphatic heterocycles. The summed E-state index contributed by atoms with van der Waals surface area (Å²) in [7, 11) is 0. The predicted octanol–water partition coefficient (Wildman–Crippen LogP) is 1.87. The van der Waals surface area contributed by atoms with Crippen LogP contribution in [0.5, 0.6) is 0 Å². The number of hydrogen-bond donors (Lipinski definition) is 1. The van der Waals surface area contributed by atoms with Crippen molar-refractivity contribution in [3.8, 4) is 0 Å². The van der Waals surface area contributed by atoms with Gasteiger partial charge in [0.2, 0.25) is 0 Å². The van der Waals surface area contributed by atoms with Crippen LogP contribution < -0.4 is 0 Å². The molecule has 0 fully saturated rings. The Morgan fingerprint density at radius 1 is 1.54 bits per heavy atom. The van der Waals surface area contributed by atoms with E-state index < -0.39 is 0 Å². The van der Waals surface area contributed by atoms with Crippen LogP contribution in [0.3, 0.4) is 0 Å². The van der Waals surface area contributed by atoms with E-state index in [0.717, 1.165) is 23.1 Å². The zero-order chi connectivity index (χ0) is 9.26. The Bertz CT molecular complexity index is 407. The summed E-state index contributed by atoms with van der Waals surface area (Å²) < 4.78 is 0. The third-order valence-electron chi connectivity index (χ3n) is 2.35. The van der Waals surface area contributed by atoms with Crippen LogP contribution in [0, 0.1) is 0 Å². The van der Waals surface area contributed by atoms with Crippen molar-refractivity contribution < 1.29 is 0 Å². The van der Waals surface area contributed by atoms with Gasteiger partial charge in [-0.15, -0.1) is 0 Å². The van der Waals surface area contributed by atoms with E-state index in [4.69, 9.17) is 0 Å². The van der Waals surface area contributed by atoms with Crippen molar-refractivity contribution in [2.75, 3.05) is 0 Å². The van der Waals surface area contributed by atoms with Gasteiger partial charge in [0.15, 0.2) is 0 Å². The van der Waals surface area contributed by atoms with Crippen LogP contribution in [0.1, 0.15) is 31.9 Å². The lowest BCUT2D eigenvalue weighted by Gasteiger charge is -2.03. The Labute approximate surface area is 76.4 Å². The SMILES string of the molecule is CCC(C)c1[nH]nc2cncnc12. The number of nitrogens with zero attached hydrogens (tertiary/aromatic N) is 3. The van der Waals surface area contributed by atoms with Gasteiger partial charge in [-0.2, -0.15) is 5.10 Å². The molecule has 2 aromatic rings. The van der Waals surface area contributed by atoms with E-state index in [1.54, 1.807) is 12.5 Å². The molecule has 13 heavy (non-hydrogen) atoms. The molecule has 4 heteroatoms. The molecule has 0 radical (unpaired) electrons. The first-order valence-corrected chi connectivity index (χ1v) is 4.47. The topological polar surface area (TPSA) is 54.5 Å². The number of fused-ring (bicyclic) bond motifs is 1. The van der Waals surface area contributed by atoms with E-state index >= 15 is 0 Å². The van der Waals surface area contributed by atoms with Gasteiger partial charge in [0.25, 0.3) is 0 Å². The monoisotopic (exact) mass is 176 g/mol. The van der Waals surface area contributed by atoms with E-state index in [9.17, 15) is 0 Å². The van der Waals surface area contributed by atoms with E-state index in [-0.39, 0.29) is 0 Å². The quantitative estimate of drug-likeness (QED) is 0.759. The summed E-state index contributed by atoms with van der Waals surface area (Å²) in [6, 6.07) is 0. The van der Waals surface area contributed by atoms with Gasteiger partial charge < -0.3 is 0 Å². The first-order chi connectivity index (χ1) is 6.33. The zero-order valence-corrected chi connectivity index (χ0v) is 7.78. The van der Waals surface area contributed by atoms with Gasteiger partial charge in [-0.25, -0.2) is 9.97 Å². The van der Waals surface area contributed by atoms with Crippen LogP contribution >= 0.6 is 0 Å². The van der Waals surface area contributed by atoms with Crippen LogP contribution in [0.4, 0.5) is 0 Å². The molecular weight excluding hydrogens is 164 g/mol. The highest BCUT2D eigenvalue weighted by Crippen LogP contribution is 2.22. The molecular formula is C9H12N4. The number of aromatic nitrogens is 4. The Morgan fingerprint density at radius 2 is 2.38 bits per heavy atom. The van der Waals surface area contributed by atoms with Crippen LogP contribution in [-0.4, -0.2) is 20.2 Å². The number of rotatable bonds is 2. The number of H-pyrrole nitrogens is 1. The molecule has 0 aliphatic rings. The lowest BCUT2D eigenvalue weighted by atomic mass is 10.0. The highest BCUT2D eigenvalue weighted by atomic mass is 15.1. The zero-order valence-electron chi connectivity index (χ0n) is 7.78. The van der Waals surface area contributed by atoms with E-state index in [2.05, 4.69) is 34.0 Å². The molecule has 68 valence electrons. The van der Waals surface area contributed by atoms with Crippen molar-refractivity contribution in [1.82, 2.24) is 20.2 Å². The minimum Gasteiger partial charge on any atom is -0.279 e. The molecule has 0 aromatic carbocycles. The first kappa shape index (κ1) is 8.16. The van der Waals surface area contributed by atoms with E-state index in [1.165, 1.54) is 0 Å². The standard InChI is InChI=1S/C9H12N4/c1-3-6(2)8-9-7(12-13-8)4-10-5-11-9/h4-6H,3H2,1-2H3,(H,12,13). The lowest BCUT2D eigenvalue weighted by molar-refractivity contribution is 0.707. The third kappa shape index (κ3) is 1.28. The van der Waals surface area contributed by atoms with Gasteiger partial charge in [-0.05, 0) is 12.3 Å². The second-order valence-corrected chi connectivity index (χ2v) is 3.20. The van der Waals surface area contributed by atoms with Crippen molar-refractivity contribution in [2.45, 2.75) is 26.2 Å². The smallest absolute Gasteiger partial charge is 0.129 e. The Hall–Kier alpha value is -1.45. The average molecular weight is 176 g/mol. The number of hydrogen-bond acceptors (Lipinski definition) is 3. The fraction of sp³-hybridized carbons (Fsp3) is 0.444. The molecule has 2 heterocycles. The van der Waals surface area contributed by atoms with Gasteiger partial charge in [-0.1, -0.05) is 13.8 Å². The maximum Gasteiger partial charge on any atom is 0.129 e. The number of aromatic amines is 1. The summed E-state index contributed by atoms with van der Waals surface area (Å²) >= 11 is 0. The summed E-state index contributed by atoms with van der Waals surface area (Å²) in [5.74, 6) is 0.472. The molecule has 2 rings (SSSR count). The fourth-order valence-corrected chi connectivity index (χ4v) is 1.33. The average Bonchev–Trinajstić information content (AvgIpc) is 2.60. The Morgan fingerprint density at radius 3 is 3.15 bits per heavy atom. The third-order valence-corrected chi connectivity index (χ3v) is 2.35. The van der Waals surface area contributed by atoms with Crippen molar-refractivity contribution in [2.24, 2.45) is 0 Å². The van der Waals surface area contributed by atoms with E-state index in [0.29, 0.717) is 5.92 Å². The molecule has 0 saturated heterocycles. The normalized spacial score (nSPS) is 13.4. The molecule has 1 N–H and O–H groups in total. The minimum atomic E-state index is 0.472. The Kier molecular flexibility index (Phi) is 1.96. The van der Waals surface area contributed by atoms with E-state index in [1.807, 2.05) is 0 Å². The van der Waals surface area contributed by atoms with Crippen LogP contribution in [0.25, 0.3) is 11.0 Å². The maximum atomic E-state index is 4.21. The van der Waals surface area contributed by atoms with Gasteiger partial charge >= 0.3 is 0 Å². The predicted molar refractivity (Wildman–Crippen MR) is 50.4 cm³/mol. The molecule has 1 atom stereocenters. The van der Waals surface area contributed by atoms with Crippen molar-refractivity contribution in [3.63, 3.8) is 0 Å². The summed E-state index contributed by atoms with van der Waals surface area (Å²) in [4.78, 5) is 8.12. The van der Waals surface area contributed by atoms with Gasteiger partial charge in [-0.3, -0.25) is 5.10 Å². The van der Waals surface area contributed by atoms with Gasteiger partial charge in [0.05, 0.1) is 11.9 Å². The lowest BCUT2D eigenvalue weighted by Crippen LogP contribution is -1.93. The molecule has 0 saturated carbocycles. The summed E-state index contributed by atoms with van der Waals surface area (Å²) in [6.45, 7) is 4.31. The van der Waals surface area contributed by atoms with Crippen LogP contribution in [-0.2, 0) is 0 Å². The molecule has 2 aromatic heterocycles. The molecule has 0 spiro atoms. The highest BCUT2D eigenvalue weighted by molar-refractivity contribution is 5.75. The van der Waals surface area contributed by atoms with Crippen LogP contribution in [0.15, 0.2) is 12.5 Å². The van der Waals surface area contributed by atoms with Crippen molar-refractivity contribution in [3.05, 3.63) is 18.2 Å². The largest absolute Gasteiger partial charge is 0.279 e. The summed E-state index contributed by atoms with van der Waals surface area (Å²) in [5, 5.41) is 7.15. The number of nitrogens with one attached hydrogen (secondary N) is 1. The fourth-order valence-electron chi connectivity index (χ4n) is 1.33. The molecule has 0 aliphatic carbocycles. The van der Waals surface area contributed by atoms with Crippen molar-refractivity contribution >= 4 is 11.0 Å². The molecule has 1 unspecified atom stereocenters. The van der Waals surface area contributed by atoms with Crippen molar-refractivity contribution in [1.29, 1.82) is 0 Å². The minimum absolute atomic E-state index is 0.472. The van der Waals surface area contributed by atoms with Gasteiger partial charge in [0.1, 0.15) is 17.4 Å². The molecule has 0 amide bonds. The highest BCUT2D eigenvalue weighted by Gasteiger charge is 2.11. The second-order valence-electron chi connectivity index (χ2n) is 3.20. The van der Waals surface area contributed by atoms with Crippen LogP contribution in [0.2, 0.25) is 0 Å². The summed E-state index contributed by atoms with van der Waals surface area (Å²) in [6.07, 6.45) is 4.37. The first-order valence-electron chi connectivity index (χ1n) is 4.47. The summed E-state index contributed by atoms with van der Waals surface area (Å²) in [5.41, 5.74) is 2.90. The maximum absolute atomic E-state index is 4.21.